The van der Waals surface area contributed by atoms with Crippen molar-refractivity contribution in [3.05, 3.63) is 68.2 Å². The molecule has 0 atom stereocenters. The molecule has 0 aliphatic heterocycles. The van der Waals surface area contributed by atoms with E-state index in [1.54, 1.807) is 36.4 Å². The summed E-state index contributed by atoms with van der Waals surface area (Å²) in [7, 11) is 0. The first-order valence-corrected chi connectivity index (χ1v) is 6.39. The van der Waals surface area contributed by atoms with Crippen LogP contribution in [0, 0.1) is 6.92 Å². The Labute approximate surface area is 120 Å². The predicted octanol–water partition coefficient (Wildman–Crippen LogP) is 5.19. The van der Waals surface area contributed by atoms with Gasteiger partial charge in [0.2, 0.25) is 0 Å². The van der Waals surface area contributed by atoms with Gasteiger partial charge in [-0.25, -0.2) is 0 Å². The van der Waals surface area contributed by atoms with Crippen LogP contribution in [0.1, 0.15) is 21.5 Å². The van der Waals surface area contributed by atoms with Crippen molar-refractivity contribution >= 4 is 40.6 Å². The van der Waals surface area contributed by atoms with Gasteiger partial charge in [-0.1, -0.05) is 40.9 Å². The van der Waals surface area contributed by atoms with Crippen LogP contribution in [0.25, 0.3) is 0 Å². The molecule has 0 fully saturated rings. The van der Waals surface area contributed by atoms with E-state index in [0.29, 0.717) is 26.2 Å². The molecule has 0 radical (unpaired) electrons. The molecular weight excluding hydrogens is 291 g/mol. The van der Waals surface area contributed by atoms with Crippen LogP contribution in [-0.4, -0.2) is 5.78 Å². The Morgan fingerprint density at radius 1 is 0.944 bits per heavy atom. The van der Waals surface area contributed by atoms with Gasteiger partial charge in [0.15, 0.2) is 5.78 Å². The second-order valence-corrected chi connectivity index (χ2v) is 5.11. The molecular formula is C14H9Cl3O. The van der Waals surface area contributed by atoms with Crippen molar-refractivity contribution < 1.29 is 4.79 Å². The van der Waals surface area contributed by atoms with Gasteiger partial charge in [0.25, 0.3) is 0 Å². The van der Waals surface area contributed by atoms with E-state index in [-0.39, 0.29) is 5.78 Å². The lowest BCUT2D eigenvalue weighted by Gasteiger charge is -2.07. The lowest BCUT2D eigenvalue weighted by atomic mass is 10.0. The highest BCUT2D eigenvalue weighted by Gasteiger charge is 2.16. The van der Waals surface area contributed by atoms with Crippen LogP contribution in [0.4, 0.5) is 0 Å². The fourth-order valence-corrected chi connectivity index (χ4v) is 2.33. The third-order valence-corrected chi connectivity index (χ3v) is 3.66. The molecule has 0 aromatic heterocycles. The Bertz CT molecular complexity index is 600. The molecule has 0 N–H and O–H groups in total. The van der Waals surface area contributed by atoms with Gasteiger partial charge in [0.1, 0.15) is 0 Å². The van der Waals surface area contributed by atoms with E-state index in [4.69, 9.17) is 34.8 Å². The normalized spacial score (nSPS) is 10.4. The van der Waals surface area contributed by atoms with E-state index >= 15 is 0 Å². The summed E-state index contributed by atoms with van der Waals surface area (Å²) in [6.45, 7) is 1.84. The van der Waals surface area contributed by atoms with Crippen LogP contribution < -0.4 is 0 Å². The van der Waals surface area contributed by atoms with Crippen LogP contribution in [0.15, 0.2) is 36.4 Å². The molecule has 2 rings (SSSR count). The van der Waals surface area contributed by atoms with Crippen LogP contribution in [0.2, 0.25) is 15.1 Å². The minimum absolute atomic E-state index is 0.203. The zero-order valence-electron chi connectivity index (χ0n) is 9.51. The lowest BCUT2D eigenvalue weighted by Crippen LogP contribution is -2.03. The smallest absolute Gasteiger partial charge is 0.196 e. The summed E-state index contributed by atoms with van der Waals surface area (Å²) in [6, 6.07) is 10.1. The summed E-state index contributed by atoms with van der Waals surface area (Å²) in [5.74, 6) is -0.203. The number of aryl methyl sites for hydroxylation is 1. The Balaban J connectivity index is 2.51. The third-order valence-electron chi connectivity index (χ3n) is 2.61. The first-order valence-electron chi connectivity index (χ1n) is 5.25. The highest BCUT2D eigenvalue weighted by atomic mass is 35.5. The van der Waals surface area contributed by atoms with Gasteiger partial charge in [-0.2, -0.15) is 0 Å². The molecule has 0 aliphatic rings. The molecule has 0 saturated heterocycles. The van der Waals surface area contributed by atoms with Gasteiger partial charge < -0.3 is 0 Å². The van der Waals surface area contributed by atoms with Crippen LogP contribution >= 0.6 is 34.8 Å². The molecule has 0 spiro atoms. The Kier molecular flexibility index (Phi) is 3.96. The minimum Gasteiger partial charge on any atom is -0.288 e. The molecule has 18 heavy (non-hydrogen) atoms. The molecule has 0 aliphatic carbocycles. The number of hydrogen-bond acceptors (Lipinski definition) is 1. The van der Waals surface area contributed by atoms with Crippen molar-refractivity contribution in [1.82, 2.24) is 0 Å². The average molecular weight is 300 g/mol. The molecule has 2 aromatic carbocycles. The quantitative estimate of drug-likeness (QED) is 0.698. The fraction of sp³-hybridized carbons (Fsp3) is 0.0714. The largest absolute Gasteiger partial charge is 0.288 e. The second kappa shape index (κ2) is 5.31. The second-order valence-electron chi connectivity index (χ2n) is 3.89. The van der Waals surface area contributed by atoms with Gasteiger partial charge in [-0.05, 0) is 42.8 Å². The van der Waals surface area contributed by atoms with E-state index in [9.17, 15) is 4.79 Å². The molecule has 2 aromatic rings. The zero-order valence-corrected chi connectivity index (χ0v) is 11.8. The van der Waals surface area contributed by atoms with Crippen molar-refractivity contribution in [2.24, 2.45) is 0 Å². The Morgan fingerprint density at radius 2 is 1.56 bits per heavy atom. The predicted molar refractivity (Wildman–Crippen MR) is 76.1 cm³/mol. The number of carbonyl (C=O) groups excluding carboxylic acids is 1. The van der Waals surface area contributed by atoms with E-state index in [1.165, 1.54) is 0 Å². The van der Waals surface area contributed by atoms with Crippen molar-refractivity contribution in [2.75, 3.05) is 0 Å². The highest BCUT2D eigenvalue weighted by molar-refractivity contribution is 6.41. The number of benzene rings is 2. The summed E-state index contributed by atoms with van der Waals surface area (Å²) >= 11 is 18.0. The van der Waals surface area contributed by atoms with E-state index in [1.807, 2.05) is 6.92 Å². The summed E-state index contributed by atoms with van der Waals surface area (Å²) in [5, 5.41) is 1.32. The monoisotopic (exact) mass is 298 g/mol. The van der Waals surface area contributed by atoms with Gasteiger partial charge in [-0.3, -0.25) is 4.79 Å². The van der Waals surface area contributed by atoms with Crippen LogP contribution in [0.5, 0.6) is 0 Å². The van der Waals surface area contributed by atoms with Crippen molar-refractivity contribution in [3.8, 4) is 0 Å². The summed E-state index contributed by atoms with van der Waals surface area (Å²) in [4.78, 5) is 12.3. The van der Waals surface area contributed by atoms with Crippen molar-refractivity contribution in [1.29, 1.82) is 0 Å². The Hall–Kier alpha value is -1.02. The molecule has 0 amide bonds. The first-order chi connectivity index (χ1) is 8.50. The van der Waals surface area contributed by atoms with Gasteiger partial charge >= 0.3 is 0 Å². The summed E-state index contributed by atoms with van der Waals surface area (Å²) in [5.41, 5.74) is 1.68. The maximum atomic E-state index is 12.3. The molecule has 4 heteroatoms. The third kappa shape index (κ3) is 2.54. The van der Waals surface area contributed by atoms with Gasteiger partial charge in [0, 0.05) is 10.6 Å². The van der Waals surface area contributed by atoms with Crippen LogP contribution in [-0.2, 0) is 0 Å². The molecule has 0 bridgehead atoms. The number of hydrogen-bond donors (Lipinski definition) is 0. The molecule has 0 saturated carbocycles. The van der Waals surface area contributed by atoms with Gasteiger partial charge in [-0.15, -0.1) is 0 Å². The standard InChI is InChI=1S/C14H9Cl3O/c1-8-7-9(5-6-10(8)15)14(18)13-11(16)3-2-4-12(13)17/h2-7H,1H3. The molecule has 0 heterocycles. The van der Waals surface area contributed by atoms with Crippen molar-refractivity contribution in [3.63, 3.8) is 0 Å². The average Bonchev–Trinajstić information content (AvgIpc) is 2.32. The topological polar surface area (TPSA) is 17.1 Å². The molecule has 0 unspecified atom stereocenters. The molecule has 92 valence electrons. The highest BCUT2D eigenvalue weighted by Crippen LogP contribution is 2.28. The Morgan fingerprint density at radius 3 is 2.11 bits per heavy atom. The summed E-state index contributed by atoms with van der Waals surface area (Å²) < 4.78 is 0. The van der Waals surface area contributed by atoms with E-state index in [0.717, 1.165) is 5.56 Å². The first kappa shape index (κ1) is 13.4. The number of ketones is 1. The number of halogens is 3. The maximum absolute atomic E-state index is 12.3. The zero-order chi connectivity index (χ0) is 13.3. The van der Waals surface area contributed by atoms with Gasteiger partial charge in [0.05, 0.1) is 15.6 Å². The lowest BCUT2D eigenvalue weighted by molar-refractivity contribution is 0.103. The fourth-order valence-electron chi connectivity index (χ4n) is 1.65. The summed E-state index contributed by atoms with van der Waals surface area (Å²) in [6.07, 6.45) is 0. The van der Waals surface area contributed by atoms with Crippen molar-refractivity contribution in [2.45, 2.75) is 6.92 Å². The van der Waals surface area contributed by atoms with E-state index in [2.05, 4.69) is 0 Å². The maximum Gasteiger partial charge on any atom is 0.196 e. The number of rotatable bonds is 2. The SMILES string of the molecule is Cc1cc(C(=O)c2c(Cl)cccc2Cl)ccc1Cl. The number of carbonyl (C=O) groups is 1. The minimum atomic E-state index is -0.203. The van der Waals surface area contributed by atoms with E-state index < -0.39 is 0 Å². The molecule has 1 nitrogen and oxygen atoms in total. The van der Waals surface area contributed by atoms with Crippen LogP contribution in [0.3, 0.4) is 0 Å².